The molecule has 2 aliphatic rings. The Morgan fingerprint density at radius 2 is 2.06 bits per heavy atom. The molecule has 0 bridgehead atoms. The van der Waals surface area contributed by atoms with Gasteiger partial charge in [0, 0.05) is 31.6 Å². The summed E-state index contributed by atoms with van der Waals surface area (Å²) in [5.41, 5.74) is 13.7. The minimum Gasteiger partial charge on any atom is -0.383 e. The van der Waals surface area contributed by atoms with Crippen LogP contribution in [0.2, 0.25) is 0 Å². The van der Waals surface area contributed by atoms with Gasteiger partial charge in [0.25, 0.3) is 0 Å². The van der Waals surface area contributed by atoms with Crippen molar-refractivity contribution in [3.8, 4) is 5.69 Å². The number of morpholine rings is 1. The summed E-state index contributed by atoms with van der Waals surface area (Å²) in [4.78, 5) is 23.5. The Bertz CT molecular complexity index is 1440. The molecule has 2 aromatic carbocycles. The Labute approximate surface area is 197 Å². The molecule has 1 fully saturated rings. The summed E-state index contributed by atoms with van der Waals surface area (Å²) in [5.74, 6) is 1.11. The SMILES string of the molecule is Cc1nc2ccc(-n3ncc(C(=O)C4=Cc5c(cccc5CN5CCOCC5)C4)c3N)cc2[nH]1. The molecule has 0 amide bonds. The number of H-pyrrole nitrogens is 1. The fourth-order valence-corrected chi connectivity index (χ4v) is 4.89. The molecule has 4 aromatic rings. The van der Waals surface area contributed by atoms with Gasteiger partial charge in [-0.2, -0.15) is 5.10 Å². The van der Waals surface area contributed by atoms with Crippen LogP contribution in [0.3, 0.4) is 0 Å². The number of fused-ring (bicyclic) bond motifs is 2. The van der Waals surface area contributed by atoms with Gasteiger partial charge in [0.2, 0.25) is 0 Å². The second-order valence-electron chi connectivity index (χ2n) is 8.93. The third-order valence-corrected chi connectivity index (χ3v) is 6.66. The van der Waals surface area contributed by atoms with Gasteiger partial charge in [-0.05, 0) is 47.9 Å². The number of rotatable bonds is 5. The molecule has 2 aromatic heterocycles. The maximum atomic E-state index is 13.5. The van der Waals surface area contributed by atoms with E-state index in [0.717, 1.165) is 66.5 Å². The number of nitrogens with one attached hydrogen (secondary N) is 1. The maximum absolute atomic E-state index is 13.5. The van der Waals surface area contributed by atoms with Crippen LogP contribution in [0.4, 0.5) is 5.82 Å². The lowest BCUT2D eigenvalue weighted by Crippen LogP contribution is -2.35. The second kappa shape index (κ2) is 8.23. The van der Waals surface area contributed by atoms with E-state index in [2.05, 4.69) is 38.2 Å². The lowest BCUT2D eigenvalue weighted by atomic mass is 10.0. The first-order chi connectivity index (χ1) is 16.6. The van der Waals surface area contributed by atoms with Crippen LogP contribution in [0.25, 0.3) is 22.8 Å². The number of hydrogen-bond acceptors (Lipinski definition) is 6. The van der Waals surface area contributed by atoms with Gasteiger partial charge in [0.15, 0.2) is 5.78 Å². The van der Waals surface area contributed by atoms with Gasteiger partial charge in [0.1, 0.15) is 11.6 Å². The number of allylic oxidation sites excluding steroid dienone is 1. The highest BCUT2D eigenvalue weighted by molar-refractivity contribution is 6.15. The highest BCUT2D eigenvalue weighted by atomic mass is 16.5. The summed E-state index contributed by atoms with van der Waals surface area (Å²) < 4.78 is 7.08. The van der Waals surface area contributed by atoms with Gasteiger partial charge in [-0.15, -0.1) is 0 Å². The highest BCUT2D eigenvalue weighted by Crippen LogP contribution is 2.32. The summed E-state index contributed by atoms with van der Waals surface area (Å²) in [6.45, 7) is 6.17. The molecule has 0 saturated carbocycles. The standard InChI is InChI=1S/C26H26N6O2/c1-16-29-23-6-5-20(13-24(23)30-16)32-26(27)22(14-28-32)25(33)19-11-17-3-2-4-18(21(17)12-19)15-31-7-9-34-10-8-31/h2-6,12-14H,7-11,15,27H2,1H3,(H,29,30). The lowest BCUT2D eigenvalue weighted by molar-refractivity contribution is 0.0341. The highest BCUT2D eigenvalue weighted by Gasteiger charge is 2.25. The van der Waals surface area contributed by atoms with Crippen LogP contribution in [-0.2, 0) is 17.7 Å². The molecule has 0 radical (unpaired) electrons. The number of benzene rings is 2. The van der Waals surface area contributed by atoms with Crippen molar-refractivity contribution < 1.29 is 9.53 Å². The maximum Gasteiger partial charge on any atom is 0.194 e. The number of hydrogen-bond donors (Lipinski definition) is 2. The van der Waals surface area contributed by atoms with Crippen molar-refractivity contribution in [2.45, 2.75) is 19.9 Å². The number of carbonyl (C=O) groups is 1. The molecule has 0 atom stereocenters. The predicted octanol–water partition coefficient (Wildman–Crippen LogP) is 3.29. The summed E-state index contributed by atoms with van der Waals surface area (Å²) in [6, 6.07) is 12.1. The number of nitrogen functional groups attached to an aromatic ring is 1. The summed E-state index contributed by atoms with van der Waals surface area (Å²) >= 11 is 0. The van der Waals surface area contributed by atoms with Crippen molar-refractivity contribution >= 4 is 28.7 Å². The minimum absolute atomic E-state index is 0.0734. The lowest BCUT2D eigenvalue weighted by Gasteiger charge is -2.27. The second-order valence-corrected chi connectivity index (χ2v) is 8.93. The number of nitrogens with zero attached hydrogens (tertiary/aromatic N) is 4. The van der Waals surface area contributed by atoms with E-state index in [-0.39, 0.29) is 5.78 Å². The average molecular weight is 455 g/mol. The Kier molecular flexibility index (Phi) is 5.04. The zero-order valence-corrected chi connectivity index (χ0v) is 19.0. The van der Waals surface area contributed by atoms with Crippen molar-refractivity contribution in [3.05, 3.63) is 76.2 Å². The first-order valence-electron chi connectivity index (χ1n) is 11.5. The Morgan fingerprint density at radius 3 is 2.91 bits per heavy atom. The zero-order valence-electron chi connectivity index (χ0n) is 19.0. The molecular formula is C26H26N6O2. The molecule has 1 aliphatic carbocycles. The number of ketones is 1. The Balaban J connectivity index is 1.28. The van der Waals surface area contributed by atoms with Crippen LogP contribution >= 0.6 is 0 Å². The Hall–Kier alpha value is -3.75. The van der Waals surface area contributed by atoms with Crippen molar-refractivity contribution in [1.29, 1.82) is 0 Å². The molecule has 8 heteroatoms. The number of anilines is 1. The van der Waals surface area contributed by atoms with Gasteiger partial charge >= 0.3 is 0 Å². The summed E-state index contributed by atoms with van der Waals surface area (Å²) in [5, 5.41) is 4.43. The molecule has 172 valence electrons. The third-order valence-electron chi connectivity index (χ3n) is 6.66. The quantitative estimate of drug-likeness (QED) is 0.449. The minimum atomic E-state index is -0.0734. The Morgan fingerprint density at radius 1 is 1.21 bits per heavy atom. The summed E-state index contributed by atoms with van der Waals surface area (Å²) in [6.07, 6.45) is 4.21. The van der Waals surface area contributed by atoms with Gasteiger partial charge in [0.05, 0.1) is 41.7 Å². The zero-order chi connectivity index (χ0) is 23.2. The number of aromatic nitrogens is 4. The molecule has 34 heavy (non-hydrogen) atoms. The molecule has 0 spiro atoms. The normalized spacial score (nSPS) is 16.1. The smallest absolute Gasteiger partial charge is 0.194 e. The molecular weight excluding hydrogens is 428 g/mol. The van der Waals surface area contributed by atoms with E-state index in [1.165, 1.54) is 11.1 Å². The summed E-state index contributed by atoms with van der Waals surface area (Å²) in [7, 11) is 0. The predicted molar refractivity (Wildman–Crippen MR) is 131 cm³/mol. The van der Waals surface area contributed by atoms with E-state index in [4.69, 9.17) is 10.5 Å². The van der Waals surface area contributed by atoms with Crippen LogP contribution in [0, 0.1) is 6.92 Å². The van der Waals surface area contributed by atoms with Crippen LogP contribution in [0.5, 0.6) is 0 Å². The largest absolute Gasteiger partial charge is 0.383 e. The van der Waals surface area contributed by atoms with E-state index in [1.807, 2.05) is 31.2 Å². The number of ether oxygens (including phenoxy) is 1. The number of imidazole rings is 1. The van der Waals surface area contributed by atoms with Gasteiger partial charge in [-0.25, -0.2) is 9.67 Å². The number of nitrogens with two attached hydrogens (primary N) is 1. The van der Waals surface area contributed by atoms with Crippen molar-refractivity contribution in [1.82, 2.24) is 24.6 Å². The first-order valence-corrected chi connectivity index (χ1v) is 11.5. The number of aryl methyl sites for hydroxylation is 1. The van der Waals surface area contributed by atoms with E-state index in [0.29, 0.717) is 17.8 Å². The molecule has 0 unspecified atom stereocenters. The van der Waals surface area contributed by atoms with E-state index >= 15 is 0 Å². The van der Waals surface area contributed by atoms with Gasteiger partial charge in [-0.3, -0.25) is 9.69 Å². The monoisotopic (exact) mass is 454 g/mol. The average Bonchev–Trinajstić information content (AvgIpc) is 3.55. The molecule has 1 aliphatic heterocycles. The molecule has 8 nitrogen and oxygen atoms in total. The van der Waals surface area contributed by atoms with Crippen LogP contribution in [0.15, 0.2) is 48.2 Å². The van der Waals surface area contributed by atoms with Crippen LogP contribution < -0.4 is 5.73 Å². The van der Waals surface area contributed by atoms with Crippen molar-refractivity contribution in [2.75, 3.05) is 32.0 Å². The topological polar surface area (TPSA) is 102 Å². The number of aromatic amines is 1. The van der Waals surface area contributed by atoms with Crippen molar-refractivity contribution in [2.24, 2.45) is 0 Å². The number of carbonyl (C=O) groups excluding carboxylic acids is 1. The van der Waals surface area contributed by atoms with Gasteiger partial charge in [-0.1, -0.05) is 18.2 Å². The molecule has 3 heterocycles. The van der Waals surface area contributed by atoms with Crippen LogP contribution in [0.1, 0.15) is 32.9 Å². The van der Waals surface area contributed by atoms with Crippen LogP contribution in [-0.4, -0.2) is 56.7 Å². The third kappa shape index (κ3) is 3.61. The van der Waals surface area contributed by atoms with E-state index < -0.39 is 0 Å². The fraction of sp³-hybridized carbons (Fsp3) is 0.269. The van der Waals surface area contributed by atoms with Crippen molar-refractivity contribution in [3.63, 3.8) is 0 Å². The fourth-order valence-electron chi connectivity index (χ4n) is 4.89. The number of Topliss-reactive ketones (excluding diaryl/α,β-unsaturated/α-hetero) is 1. The first kappa shape index (κ1) is 20.8. The molecule has 6 rings (SSSR count). The molecule has 1 saturated heterocycles. The van der Waals surface area contributed by atoms with E-state index in [1.54, 1.807) is 10.9 Å². The van der Waals surface area contributed by atoms with Gasteiger partial charge < -0.3 is 15.5 Å². The molecule has 3 N–H and O–H groups in total. The van der Waals surface area contributed by atoms with E-state index in [9.17, 15) is 4.79 Å².